The Morgan fingerprint density at radius 2 is 0.500 bits per heavy atom. The van der Waals surface area contributed by atoms with E-state index in [4.69, 9.17) is 0 Å². The Kier molecular flexibility index (Phi) is 18.0. The molecule has 0 spiro atoms. The summed E-state index contributed by atoms with van der Waals surface area (Å²) < 4.78 is 10.3. The number of rotatable bonds is 14. The van der Waals surface area contributed by atoms with E-state index in [1.54, 1.807) is 0 Å². The van der Waals surface area contributed by atoms with Gasteiger partial charge < -0.3 is 14.4 Å². The van der Waals surface area contributed by atoms with E-state index in [2.05, 4.69) is 494 Å². The molecule has 6 heteroatoms. The highest BCUT2D eigenvalue weighted by molar-refractivity contribution is 7.27. The molecule has 0 N–H and O–H groups in total. The fraction of sp³-hybridized carbons (Fsp3) is 0.0164. The maximum Gasteiger partial charge on any atom is 0.0714 e. The lowest BCUT2D eigenvalue weighted by molar-refractivity contribution is 0.768. The minimum absolute atomic E-state index is 0.502. The van der Waals surface area contributed by atoms with Crippen molar-refractivity contribution >= 4 is 150 Å². The average molecular weight is 1680 g/mol. The second-order valence-corrected chi connectivity index (χ2v) is 36.8. The molecule has 600 valence electrons. The van der Waals surface area contributed by atoms with Crippen LogP contribution in [-0.4, -0.2) is 4.57 Å². The summed E-state index contributed by atoms with van der Waals surface area (Å²) in [6, 6.07) is 177. The predicted molar refractivity (Wildman–Crippen MR) is 546 cm³/mol. The number of hydrogen-bond donors (Lipinski definition) is 0. The van der Waals surface area contributed by atoms with Gasteiger partial charge in [-0.25, -0.2) is 0 Å². The highest BCUT2D eigenvalue weighted by Gasteiger charge is 2.49. The van der Waals surface area contributed by atoms with E-state index in [9.17, 15) is 0 Å². The van der Waals surface area contributed by atoms with Crippen molar-refractivity contribution in [1.29, 1.82) is 0 Å². The molecule has 0 bridgehead atoms. The van der Waals surface area contributed by atoms with Crippen LogP contribution in [0.15, 0.2) is 479 Å². The van der Waals surface area contributed by atoms with Crippen LogP contribution in [0.1, 0.15) is 44.5 Å². The quantitative estimate of drug-likeness (QED) is 0.107. The third kappa shape index (κ3) is 11.9. The Morgan fingerprint density at radius 1 is 0.195 bits per heavy atom. The van der Waals surface area contributed by atoms with Gasteiger partial charge in [0.1, 0.15) is 0 Å². The van der Waals surface area contributed by atoms with Crippen LogP contribution in [0.4, 0.5) is 34.1 Å². The summed E-state index contributed by atoms with van der Waals surface area (Å²) in [6.45, 7) is 0. The second kappa shape index (κ2) is 30.7. The van der Waals surface area contributed by atoms with Gasteiger partial charge >= 0.3 is 0 Å². The van der Waals surface area contributed by atoms with Crippen LogP contribution in [0, 0.1) is 0 Å². The predicted octanol–water partition coefficient (Wildman–Crippen LogP) is 34.2. The Balaban J connectivity index is 0.000000139. The number of nitrogens with zero attached hydrogens (tertiary/aromatic N) is 3. The zero-order valence-electron chi connectivity index (χ0n) is 69.7. The van der Waals surface area contributed by atoms with Crippen molar-refractivity contribution in [3.8, 4) is 61.3 Å². The summed E-state index contributed by atoms with van der Waals surface area (Å²) in [4.78, 5) is 4.95. The molecule has 2 aliphatic rings. The first kappa shape index (κ1) is 75.0. The minimum Gasteiger partial charge on any atom is -0.310 e. The molecule has 0 amide bonds. The van der Waals surface area contributed by atoms with Crippen LogP contribution in [0.5, 0.6) is 0 Å². The third-order valence-electron chi connectivity index (χ3n) is 26.9. The summed E-state index contributed by atoms with van der Waals surface area (Å²) in [5.74, 6) is 0. The lowest BCUT2D eigenvalue weighted by atomic mass is 9.68. The molecule has 4 heterocycles. The molecular weight excluding hydrogens is 1600 g/mol. The second-order valence-electron chi connectivity index (χ2n) is 33.6. The van der Waals surface area contributed by atoms with Crippen molar-refractivity contribution in [2.75, 3.05) is 9.80 Å². The molecule has 4 aromatic heterocycles. The van der Waals surface area contributed by atoms with Crippen LogP contribution in [0.25, 0.3) is 144 Å². The molecule has 0 radical (unpaired) electrons. The largest absolute Gasteiger partial charge is 0.310 e. The van der Waals surface area contributed by atoms with Crippen LogP contribution in [0.2, 0.25) is 0 Å². The fourth-order valence-electron chi connectivity index (χ4n) is 21.3. The molecule has 2 aliphatic carbocycles. The van der Waals surface area contributed by atoms with E-state index in [-0.39, 0.29) is 0 Å². The molecule has 0 saturated carbocycles. The van der Waals surface area contributed by atoms with Gasteiger partial charge in [0, 0.05) is 111 Å². The van der Waals surface area contributed by atoms with E-state index in [1.165, 1.54) is 182 Å². The van der Waals surface area contributed by atoms with Crippen LogP contribution < -0.4 is 9.80 Å². The van der Waals surface area contributed by atoms with Crippen LogP contribution >= 0.6 is 34.0 Å². The van der Waals surface area contributed by atoms with Gasteiger partial charge in [-0.2, -0.15) is 0 Å². The average Bonchev–Trinajstić information content (AvgIpc) is 1.53. The number of aromatic nitrogens is 1. The van der Waals surface area contributed by atoms with Crippen molar-refractivity contribution in [2.45, 2.75) is 10.8 Å². The molecule has 24 aromatic rings. The first-order valence-electron chi connectivity index (χ1n) is 43.9. The number of hydrogen-bond acceptors (Lipinski definition) is 5. The lowest BCUT2D eigenvalue weighted by Crippen LogP contribution is -2.28. The fourth-order valence-corrected chi connectivity index (χ4v) is 24.8. The number of fused-ring (bicyclic) bond motifs is 18. The molecule has 0 fully saturated rings. The SMILES string of the molecule is c1ccc(C2(c3ccccc3)c3ccccc3-c3c(N(c4ccc(-c5ccc6c(c5)sc5ccccc56)cc4)c4ccc(-c5cccc6c5sc5ccccc56)cc4)cccc32)cc1.c1ccc(C2(c3ccccc3)c3ccccc3-c3c(N(c4ccc(-c5ccc6c(c5)sc5ccccc56)cc4)c4ccc(-n5c6ccccc6c6ccccc65)cc4)cccc32)cc1. The molecule has 128 heavy (non-hydrogen) atoms. The van der Waals surface area contributed by atoms with Gasteiger partial charge in [0.2, 0.25) is 0 Å². The lowest BCUT2D eigenvalue weighted by Gasteiger charge is -2.34. The van der Waals surface area contributed by atoms with Crippen molar-refractivity contribution < 1.29 is 0 Å². The first-order chi connectivity index (χ1) is 63.5. The molecule has 0 saturated heterocycles. The summed E-state index contributed by atoms with van der Waals surface area (Å²) >= 11 is 5.62. The molecule has 3 nitrogen and oxygen atoms in total. The summed E-state index contributed by atoms with van der Waals surface area (Å²) in [5, 5.41) is 10.4. The number of anilines is 6. The standard InChI is InChI=1S/C61H40N2S.C61H39NS2/c1-3-16-43(17-4-1)61(44-18-5-2-6-19-44)53-24-11-7-23-52(53)60-54(61)25-15-28-57(60)62(45-33-30-41(31-34-45)42-32-39-51-50-22-10-14-29-58(50)64-59(51)40-42)46-35-37-47(38-36-46)63-55-26-12-8-20-48(55)49-21-9-13-27-56(49)63;1-3-15-43(16-4-1)61(44-17-5-2-6-18-44)53-24-10-7-21-52(53)59-54(61)25-14-26-55(59)62(45-34-29-40(30-35-45)42-33-38-50-48-19-8-11-27-56(48)63-58(50)39-42)46-36-31-41(32-37-46)47-22-13-23-51-49-20-9-12-28-57(49)64-60(47)51/h1-40H;1-39H. The molecule has 0 atom stereocenters. The van der Waals surface area contributed by atoms with E-state index < -0.39 is 10.8 Å². The maximum absolute atomic E-state index is 2.48. The van der Waals surface area contributed by atoms with Crippen molar-refractivity contribution in [2.24, 2.45) is 0 Å². The van der Waals surface area contributed by atoms with Crippen molar-refractivity contribution in [1.82, 2.24) is 4.57 Å². The molecule has 26 rings (SSSR count). The van der Waals surface area contributed by atoms with E-state index in [0.29, 0.717) is 0 Å². The summed E-state index contributed by atoms with van der Waals surface area (Å²) in [7, 11) is 0. The van der Waals surface area contributed by atoms with Gasteiger partial charge in [-0.05, 0) is 204 Å². The van der Waals surface area contributed by atoms with Gasteiger partial charge in [-0.1, -0.05) is 364 Å². The van der Waals surface area contributed by atoms with Gasteiger partial charge in [0.05, 0.1) is 33.2 Å². The summed E-state index contributed by atoms with van der Waals surface area (Å²) in [5.41, 5.74) is 31.7. The third-order valence-corrected chi connectivity index (χ3v) is 30.4. The zero-order chi connectivity index (χ0) is 84.4. The van der Waals surface area contributed by atoms with Gasteiger partial charge in [-0.15, -0.1) is 34.0 Å². The van der Waals surface area contributed by atoms with E-state index >= 15 is 0 Å². The number of benzene rings is 20. The smallest absolute Gasteiger partial charge is 0.0714 e. The monoisotopic (exact) mass is 1680 g/mol. The first-order valence-corrected chi connectivity index (χ1v) is 46.4. The Morgan fingerprint density at radius 3 is 0.930 bits per heavy atom. The molecule has 0 aliphatic heterocycles. The molecule has 0 unspecified atom stereocenters. The molecule has 20 aromatic carbocycles. The topological polar surface area (TPSA) is 11.4 Å². The van der Waals surface area contributed by atoms with Crippen molar-refractivity contribution in [3.05, 3.63) is 524 Å². The van der Waals surface area contributed by atoms with E-state index in [1.807, 2.05) is 34.0 Å². The van der Waals surface area contributed by atoms with Gasteiger partial charge in [0.15, 0.2) is 0 Å². The summed E-state index contributed by atoms with van der Waals surface area (Å²) in [6.07, 6.45) is 0. The zero-order valence-corrected chi connectivity index (χ0v) is 72.1. The normalized spacial score (nSPS) is 12.8. The van der Waals surface area contributed by atoms with Crippen LogP contribution in [0.3, 0.4) is 0 Å². The van der Waals surface area contributed by atoms with Crippen LogP contribution in [-0.2, 0) is 10.8 Å². The van der Waals surface area contributed by atoms with E-state index in [0.717, 1.165) is 39.8 Å². The highest BCUT2D eigenvalue weighted by Crippen LogP contribution is 2.62. The van der Waals surface area contributed by atoms with Crippen molar-refractivity contribution in [3.63, 3.8) is 0 Å². The Hall–Kier alpha value is -15.5. The minimum atomic E-state index is -0.508. The highest BCUT2D eigenvalue weighted by atomic mass is 32.1. The molecular formula is C122H79N3S3. The van der Waals surface area contributed by atoms with Gasteiger partial charge in [-0.3, -0.25) is 0 Å². The number of para-hydroxylation sites is 2. The Bertz CT molecular complexity index is 8280. The maximum atomic E-state index is 2.48. The Labute approximate surface area is 754 Å². The van der Waals surface area contributed by atoms with Gasteiger partial charge in [0.25, 0.3) is 0 Å². The number of thiophene rings is 3.